The third-order valence-corrected chi connectivity index (χ3v) is 4.50. The number of ether oxygens (including phenoxy) is 3. The third kappa shape index (κ3) is 10.7. The molecule has 0 saturated carbocycles. The summed E-state index contributed by atoms with van der Waals surface area (Å²) in [5, 5.41) is 15.3. The number of carbonyl (C=O) groups excluding carboxylic acids is 4. The standard InChI is InChI=1S/C25H29N5O7/c1-16(31)26-23(24(37-19(4)34)22(36-18(3)33)15-35-17(2)32)25(29-27-20-11-7-5-8-12-20)30-28-21-13-9-6-10-14-21/h5-14,22-24,27H,15H2,1-4H3,(H,26,31)/b29-25-,30-28?/t22-,23+,24+/m0/s1. The van der Waals surface area contributed by atoms with E-state index >= 15 is 0 Å². The molecular weight excluding hydrogens is 482 g/mol. The number of anilines is 1. The van der Waals surface area contributed by atoms with E-state index in [1.54, 1.807) is 54.6 Å². The van der Waals surface area contributed by atoms with Crippen LogP contribution in [-0.2, 0) is 33.4 Å². The van der Waals surface area contributed by atoms with Crippen LogP contribution in [0.2, 0.25) is 0 Å². The van der Waals surface area contributed by atoms with Gasteiger partial charge in [0, 0.05) is 27.7 Å². The van der Waals surface area contributed by atoms with Gasteiger partial charge in [-0.25, -0.2) is 0 Å². The normalized spacial score (nSPS) is 13.7. The van der Waals surface area contributed by atoms with Crippen LogP contribution >= 0.6 is 0 Å². The average Bonchev–Trinajstić information content (AvgIpc) is 2.85. The number of amidine groups is 1. The van der Waals surface area contributed by atoms with Gasteiger partial charge in [0.25, 0.3) is 0 Å². The summed E-state index contributed by atoms with van der Waals surface area (Å²) in [7, 11) is 0. The maximum Gasteiger partial charge on any atom is 0.303 e. The molecule has 0 fully saturated rings. The Balaban J connectivity index is 2.60. The van der Waals surface area contributed by atoms with E-state index in [-0.39, 0.29) is 5.84 Å². The van der Waals surface area contributed by atoms with Gasteiger partial charge in [0.15, 0.2) is 18.0 Å². The highest BCUT2D eigenvalue weighted by molar-refractivity contribution is 5.93. The Labute approximate surface area is 214 Å². The highest BCUT2D eigenvalue weighted by atomic mass is 16.6. The van der Waals surface area contributed by atoms with E-state index in [4.69, 9.17) is 14.2 Å². The van der Waals surface area contributed by atoms with Gasteiger partial charge in [-0.15, -0.1) is 10.2 Å². The minimum Gasteiger partial charge on any atom is -0.462 e. The number of amides is 1. The van der Waals surface area contributed by atoms with E-state index in [0.29, 0.717) is 11.4 Å². The first-order chi connectivity index (χ1) is 17.7. The Morgan fingerprint density at radius 1 is 0.811 bits per heavy atom. The smallest absolute Gasteiger partial charge is 0.303 e. The lowest BCUT2D eigenvalue weighted by atomic mass is 10.0. The van der Waals surface area contributed by atoms with Crippen molar-refractivity contribution in [3.8, 4) is 0 Å². The zero-order valence-corrected chi connectivity index (χ0v) is 20.9. The fourth-order valence-corrected chi connectivity index (χ4v) is 3.06. The molecule has 2 aromatic rings. The van der Waals surface area contributed by atoms with E-state index in [2.05, 4.69) is 26.1 Å². The lowest BCUT2D eigenvalue weighted by molar-refractivity contribution is -0.174. The molecule has 0 aliphatic heterocycles. The monoisotopic (exact) mass is 511 g/mol. The molecular formula is C25H29N5O7. The van der Waals surface area contributed by atoms with Crippen LogP contribution in [-0.4, -0.2) is 54.5 Å². The molecule has 0 unspecified atom stereocenters. The Morgan fingerprint density at radius 2 is 1.41 bits per heavy atom. The third-order valence-electron chi connectivity index (χ3n) is 4.50. The van der Waals surface area contributed by atoms with Crippen molar-refractivity contribution in [2.75, 3.05) is 12.0 Å². The van der Waals surface area contributed by atoms with Gasteiger partial charge < -0.3 is 19.5 Å². The van der Waals surface area contributed by atoms with Crippen molar-refractivity contribution >= 4 is 41.0 Å². The summed E-state index contributed by atoms with van der Waals surface area (Å²) >= 11 is 0. The number of nitrogens with zero attached hydrogens (tertiary/aromatic N) is 3. The molecule has 0 spiro atoms. The van der Waals surface area contributed by atoms with Crippen molar-refractivity contribution in [1.29, 1.82) is 0 Å². The molecule has 3 atom stereocenters. The van der Waals surface area contributed by atoms with Crippen LogP contribution in [0, 0.1) is 0 Å². The number of hydrogen-bond donors (Lipinski definition) is 2. The van der Waals surface area contributed by atoms with Gasteiger partial charge >= 0.3 is 17.9 Å². The molecule has 1 amide bonds. The summed E-state index contributed by atoms with van der Waals surface area (Å²) in [6, 6.07) is 16.3. The summed E-state index contributed by atoms with van der Waals surface area (Å²) in [5.74, 6) is -2.79. The van der Waals surface area contributed by atoms with Gasteiger partial charge in [0.05, 0.1) is 11.4 Å². The SMILES string of the molecule is CC(=O)N[C@@H](/C(N=Nc1ccccc1)=N/Nc1ccccc1)[C@H](OC(C)=O)[C@H](COC(C)=O)OC(C)=O. The molecule has 2 N–H and O–H groups in total. The number of benzene rings is 2. The molecule has 0 saturated heterocycles. The number of para-hydroxylation sites is 1. The maximum absolute atomic E-state index is 12.2. The van der Waals surface area contributed by atoms with E-state index < -0.39 is 48.7 Å². The fourth-order valence-electron chi connectivity index (χ4n) is 3.06. The summed E-state index contributed by atoms with van der Waals surface area (Å²) in [5.41, 5.74) is 3.90. The van der Waals surface area contributed by atoms with Gasteiger partial charge in [0.2, 0.25) is 5.91 Å². The molecule has 12 heteroatoms. The molecule has 0 aliphatic carbocycles. The van der Waals surface area contributed by atoms with Crippen LogP contribution in [0.3, 0.4) is 0 Å². The molecule has 2 rings (SSSR count). The van der Waals surface area contributed by atoms with Crippen molar-refractivity contribution in [1.82, 2.24) is 5.32 Å². The fraction of sp³-hybridized carbons (Fsp3) is 0.320. The van der Waals surface area contributed by atoms with Crippen LogP contribution in [0.4, 0.5) is 11.4 Å². The van der Waals surface area contributed by atoms with Crippen LogP contribution in [0.1, 0.15) is 27.7 Å². The minimum atomic E-state index is -1.39. The Kier molecular flexibility index (Phi) is 11.4. The molecule has 37 heavy (non-hydrogen) atoms. The highest BCUT2D eigenvalue weighted by Crippen LogP contribution is 2.17. The molecule has 2 aromatic carbocycles. The largest absolute Gasteiger partial charge is 0.462 e. The number of rotatable bonds is 11. The maximum atomic E-state index is 12.2. The minimum absolute atomic E-state index is 0.117. The first-order valence-electron chi connectivity index (χ1n) is 11.3. The Morgan fingerprint density at radius 3 is 1.95 bits per heavy atom. The van der Waals surface area contributed by atoms with E-state index in [1.807, 2.05) is 6.07 Å². The van der Waals surface area contributed by atoms with Crippen molar-refractivity contribution in [3.63, 3.8) is 0 Å². The van der Waals surface area contributed by atoms with Gasteiger partial charge in [-0.1, -0.05) is 36.4 Å². The second-order valence-corrected chi connectivity index (χ2v) is 7.69. The lowest BCUT2D eigenvalue weighted by Crippen LogP contribution is -2.56. The number of azo groups is 1. The van der Waals surface area contributed by atoms with Gasteiger partial charge in [-0.3, -0.25) is 24.6 Å². The lowest BCUT2D eigenvalue weighted by Gasteiger charge is -2.31. The van der Waals surface area contributed by atoms with Gasteiger partial charge in [-0.05, 0) is 24.3 Å². The summed E-state index contributed by atoms with van der Waals surface area (Å²) in [4.78, 5) is 47.6. The average molecular weight is 512 g/mol. The molecule has 0 heterocycles. The first kappa shape index (κ1) is 28.6. The molecule has 0 radical (unpaired) electrons. The summed E-state index contributed by atoms with van der Waals surface area (Å²) in [6.45, 7) is 4.22. The van der Waals surface area contributed by atoms with Crippen LogP contribution in [0.15, 0.2) is 76.0 Å². The molecule has 0 aromatic heterocycles. The number of nitrogens with one attached hydrogen (secondary N) is 2. The van der Waals surface area contributed by atoms with Gasteiger partial charge in [0.1, 0.15) is 12.6 Å². The predicted octanol–water partition coefficient (Wildman–Crippen LogP) is 3.13. The number of carbonyl (C=O) groups is 4. The van der Waals surface area contributed by atoms with Gasteiger partial charge in [-0.2, -0.15) is 5.10 Å². The van der Waals surface area contributed by atoms with Crippen molar-refractivity contribution < 1.29 is 33.4 Å². The van der Waals surface area contributed by atoms with Crippen molar-refractivity contribution in [2.24, 2.45) is 15.3 Å². The quantitative estimate of drug-likeness (QED) is 0.116. The number of hydrogen-bond acceptors (Lipinski definition) is 10. The van der Waals surface area contributed by atoms with Crippen molar-refractivity contribution in [2.45, 2.75) is 45.9 Å². The van der Waals surface area contributed by atoms with E-state index in [9.17, 15) is 19.2 Å². The molecule has 196 valence electrons. The Bertz CT molecular complexity index is 1120. The first-order valence-corrected chi connectivity index (χ1v) is 11.3. The van der Waals surface area contributed by atoms with E-state index in [0.717, 1.165) is 13.8 Å². The topological polar surface area (TPSA) is 157 Å². The number of hydrazone groups is 1. The Hall–Kier alpha value is -4.61. The number of esters is 3. The van der Waals surface area contributed by atoms with Crippen LogP contribution in [0.5, 0.6) is 0 Å². The predicted molar refractivity (Wildman–Crippen MR) is 134 cm³/mol. The van der Waals surface area contributed by atoms with E-state index in [1.165, 1.54) is 13.8 Å². The zero-order valence-electron chi connectivity index (χ0n) is 20.9. The molecule has 12 nitrogen and oxygen atoms in total. The zero-order chi connectivity index (χ0) is 27.2. The second kappa shape index (κ2) is 14.7. The summed E-state index contributed by atoms with van der Waals surface area (Å²) < 4.78 is 15.8. The summed E-state index contributed by atoms with van der Waals surface area (Å²) in [6.07, 6.45) is -2.70. The molecule has 0 aliphatic rings. The molecule has 0 bridgehead atoms. The van der Waals surface area contributed by atoms with Crippen LogP contribution in [0.25, 0.3) is 0 Å². The van der Waals surface area contributed by atoms with Crippen molar-refractivity contribution in [3.05, 3.63) is 60.7 Å². The van der Waals surface area contributed by atoms with Crippen LogP contribution < -0.4 is 10.7 Å². The highest BCUT2D eigenvalue weighted by Gasteiger charge is 2.40. The second-order valence-electron chi connectivity index (χ2n) is 7.69.